The molecule has 0 saturated carbocycles. The fourth-order valence-corrected chi connectivity index (χ4v) is 4.96. The summed E-state index contributed by atoms with van der Waals surface area (Å²) in [5.74, 6) is 0. The molecule has 2 N–H and O–H groups in total. The van der Waals surface area contributed by atoms with Gasteiger partial charge in [-0.25, -0.2) is 0 Å². The zero-order valence-electron chi connectivity index (χ0n) is 17.1. The Kier molecular flexibility index (Phi) is 6.39. The number of rotatable bonds is 5. The van der Waals surface area contributed by atoms with Crippen LogP contribution in [0.15, 0.2) is 24.5 Å². The van der Waals surface area contributed by atoms with Crippen molar-refractivity contribution < 1.29 is 4.74 Å². The molecule has 5 nitrogen and oxygen atoms in total. The molecule has 0 spiro atoms. The van der Waals surface area contributed by atoms with E-state index in [0.717, 1.165) is 50.5 Å². The maximum atomic E-state index is 5.88. The van der Waals surface area contributed by atoms with Crippen LogP contribution in [0.2, 0.25) is 0 Å². The van der Waals surface area contributed by atoms with Crippen molar-refractivity contribution in [1.29, 1.82) is 0 Å². The number of pyridine rings is 1. The van der Waals surface area contributed by atoms with Gasteiger partial charge in [0, 0.05) is 49.2 Å². The summed E-state index contributed by atoms with van der Waals surface area (Å²) >= 11 is 5.86. The second-order valence-corrected chi connectivity index (χ2v) is 9.71. The molecule has 0 aromatic carbocycles. The first-order chi connectivity index (χ1) is 12.7. The number of nitrogens with zero attached hydrogens (tertiary/aromatic N) is 2. The van der Waals surface area contributed by atoms with Crippen molar-refractivity contribution >= 4 is 17.3 Å². The van der Waals surface area contributed by atoms with Gasteiger partial charge in [-0.3, -0.25) is 4.98 Å². The van der Waals surface area contributed by atoms with Crippen LogP contribution in [0, 0.1) is 0 Å². The second kappa shape index (κ2) is 8.41. The minimum Gasteiger partial charge on any atom is -0.376 e. The van der Waals surface area contributed by atoms with Gasteiger partial charge >= 0.3 is 0 Å². The van der Waals surface area contributed by atoms with Gasteiger partial charge in [0.2, 0.25) is 0 Å². The lowest BCUT2D eigenvalue weighted by Gasteiger charge is -2.47. The molecule has 1 aromatic rings. The highest BCUT2D eigenvalue weighted by atomic mass is 32.1. The van der Waals surface area contributed by atoms with Gasteiger partial charge in [-0.1, -0.05) is 0 Å². The molecule has 0 amide bonds. The van der Waals surface area contributed by atoms with Crippen LogP contribution >= 0.6 is 12.2 Å². The smallest absolute Gasteiger partial charge is 0.169 e. The first-order valence-electron chi connectivity index (χ1n) is 10.1. The Labute approximate surface area is 169 Å². The third-order valence-corrected chi connectivity index (χ3v) is 5.75. The molecule has 1 aromatic heterocycles. The summed E-state index contributed by atoms with van der Waals surface area (Å²) in [6, 6.07) is 4.48. The summed E-state index contributed by atoms with van der Waals surface area (Å²) in [5, 5.41) is 8.24. The quantitative estimate of drug-likeness (QED) is 0.753. The molecular weight excluding hydrogens is 356 g/mol. The lowest BCUT2D eigenvalue weighted by molar-refractivity contribution is 0.0887. The van der Waals surface area contributed by atoms with E-state index in [1.54, 1.807) is 0 Å². The Balaban J connectivity index is 1.67. The first-order valence-corrected chi connectivity index (χ1v) is 10.5. The summed E-state index contributed by atoms with van der Waals surface area (Å²) in [6.07, 6.45) is 8.32. The van der Waals surface area contributed by atoms with Crippen molar-refractivity contribution in [2.24, 2.45) is 0 Å². The van der Waals surface area contributed by atoms with E-state index in [1.807, 2.05) is 12.4 Å². The van der Waals surface area contributed by atoms with Crippen molar-refractivity contribution in [2.75, 3.05) is 13.2 Å². The molecule has 0 bridgehead atoms. The Hall–Kier alpha value is -1.24. The van der Waals surface area contributed by atoms with E-state index < -0.39 is 0 Å². The van der Waals surface area contributed by atoms with Gasteiger partial charge < -0.3 is 20.3 Å². The van der Waals surface area contributed by atoms with E-state index in [1.165, 1.54) is 5.56 Å². The maximum Gasteiger partial charge on any atom is 0.169 e. The zero-order valence-corrected chi connectivity index (χ0v) is 17.9. The Morgan fingerprint density at radius 3 is 2.52 bits per heavy atom. The monoisotopic (exact) mass is 390 g/mol. The normalized spacial score (nSPS) is 24.5. The maximum absolute atomic E-state index is 5.88. The highest BCUT2D eigenvalue weighted by Crippen LogP contribution is 2.28. The molecule has 150 valence electrons. The van der Waals surface area contributed by atoms with Crippen LogP contribution in [0.5, 0.6) is 0 Å². The fraction of sp³-hybridized carbons (Fsp3) is 0.714. The average molecular weight is 391 g/mol. The number of aromatic nitrogens is 1. The molecule has 1 unspecified atom stereocenters. The number of ether oxygens (including phenoxy) is 1. The fourth-order valence-electron chi connectivity index (χ4n) is 4.65. The van der Waals surface area contributed by atoms with Gasteiger partial charge in [-0.05, 0) is 83.3 Å². The molecule has 27 heavy (non-hydrogen) atoms. The van der Waals surface area contributed by atoms with Crippen molar-refractivity contribution in [1.82, 2.24) is 20.5 Å². The SMILES string of the molecule is CC1(C)CC(NC(=S)N(Cc2ccncc2)CC2CCCO2)CC(C)(C)N1. The van der Waals surface area contributed by atoms with Gasteiger partial charge in [0.15, 0.2) is 5.11 Å². The summed E-state index contributed by atoms with van der Waals surface area (Å²) < 4.78 is 5.88. The molecule has 1 atom stereocenters. The van der Waals surface area contributed by atoms with Crippen molar-refractivity contribution in [3.05, 3.63) is 30.1 Å². The van der Waals surface area contributed by atoms with Crippen LogP contribution in [-0.2, 0) is 11.3 Å². The highest BCUT2D eigenvalue weighted by Gasteiger charge is 2.38. The Morgan fingerprint density at radius 1 is 1.26 bits per heavy atom. The predicted octanol–water partition coefficient (Wildman–Crippen LogP) is 3.25. The van der Waals surface area contributed by atoms with Crippen LogP contribution in [0.1, 0.15) is 58.9 Å². The molecule has 2 aliphatic rings. The van der Waals surface area contributed by atoms with Gasteiger partial charge in [0.25, 0.3) is 0 Å². The summed E-state index contributed by atoms with van der Waals surface area (Å²) in [5.41, 5.74) is 1.41. The van der Waals surface area contributed by atoms with Gasteiger partial charge in [-0.15, -0.1) is 0 Å². The third-order valence-electron chi connectivity index (χ3n) is 5.38. The topological polar surface area (TPSA) is 49.4 Å². The van der Waals surface area contributed by atoms with Crippen LogP contribution in [0.25, 0.3) is 0 Å². The molecule has 6 heteroatoms. The standard InChI is InChI=1S/C21H34N4OS/c1-20(2)12-17(13-21(3,4)24-20)23-19(27)25(15-18-6-5-11-26-18)14-16-7-9-22-10-8-16/h7-10,17-18,24H,5-6,11-15H2,1-4H3,(H,23,27). The zero-order chi connectivity index (χ0) is 19.5. The van der Waals surface area contributed by atoms with E-state index in [4.69, 9.17) is 17.0 Å². The second-order valence-electron chi connectivity index (χ2n) is 9.32. The van der Waals surface area contributed by atoms with Gasteiger partial charge in [0.05, 0.1) is 6.10 Å². The number of hydrogen-bond acceptors (Lipinski definition) is 4. The van der Waals surface area contributed by atoms with E-state index in [0.29, 0.717) is 6.04 Å². The molecule has 2 fully saturated rings. The molecule has 0 radical (unpaired) electrons. The Bertz CT molecular complexity index is 612. The average Bonchev–Trinajstić information content (AvgIpc) is 3.05. The summed E-state index contributed by atoms with van der Waals surface area (Å²) in [6.45, 7) is 11.6. The number of thiocarbonyl (C=S) groups is 1. The molecule has 3 rings (SSSR count). The minimum atomic E-state index is 0.0967. The van der Waals surface area contributed by atoms with Crippen LogP contribution in [0.3, 0.4) is 0 Å². The lowest BCUT2D eigenvalue weighted by Crippen LogP contribution is -2.63. The van der Waals surface area contributed by atoms with Crippen molar-refractivity contribution in [3.8, 4) is 0 Å². The third kappa shape index (κ3) is 6.13. The molecular formula is C21H34N4OS. The van der Waals surface area contributed by atoms with E-state index in [-0.39, 0.29) is 17.2 Å². The molecule has 2 saturated heterocycles. The first kappa shape index (κ1) is 20.5. The van der Waals surface area contributed by atoms with Crippen molar-refractivity contribution in [2.45, 2.75) is 83.1 Å². The largest absolute Gasteiger partial charge is 0.376 e. The summed E-state index contributed by atoms with van der Waals surface area (Å²) in [4.78, 5) is 6.39. The number of piperidine rings is 1. The van der Waals surface area contributed by atoms with Crippen molar-refractivity contribution in [3.63, 3.8) is 0 Å². The minimum absolute atomic E-state index is 0.0967. The van der Waals surface area contributed by atoms with E-state index in [9.17, 15) is 0 Å². The Morgan fingerprint density at radius 2 is 1.93 bits per heavy atom. The number of hydrogen-bond donors (Lipinski definition) is 2. The van der Waals surface area contributed by atoms with Crippen LogP contribution < -0.4 is 10.6 Å². The van der Waals surface area contributed by atoms with E-state index >= 15 is 0 Å². The summed E-state index contributed by atoms with van der Waals surface area (Å²) in [7, 11) is 0. The van der Waals surface area contributed by atoms with Crippen LogP contribution in [0.4, 0.5) is 0 Å². The lowest BCUT2D eigenvalue weighted by atomic mass is 9.80. The van der Waals surface area contributed by atoms with Gasteiger partial charge in [-0.2, -0.15) is 0 Å². The molecule has 0 aliphatic carbocycles. The number of nitrogens with one attached hydrogen (secondary N) is 2. The van der Waals surface area contributed by atoms with Gasteiger partial charge in [0.1, 0.15) is 0 Å². The highest BCUT2D eigenvalue weighted by molar-refractivity contribution is 7.80. The molecule has 2 aliphatic heterocycles. The predicted molar refractivity (Wildman–Crippen MR) is 114 cm³/mol. The molecule has 3 heterocycles. The van der Waals surface area contributed by atoms with E-state index in [2.05, 4.69) is 60.3 Å². The van der Waals surface area contributed by atoms with Crippen LogP contribution in [-0.4, -0.2) is 51.4 Å².